The number of aromatic hydroxyl groups is 1. The van der Waals surface area contributed by atoms with Gasteiger partial charge in [0.25, 0.3) is 0 Å². The Hall–Kier alpha value is -1.51. The maximum Gasteiger partial charge on any atom is 0.336 e. The lowest BCUT2D eigenvalue weighted by Gasteiger charge is -2.17. The number of fused-ring (bicyclic) bond motifs is 1. The first kappa shape index (κ1) is 9.06. The molecule has 3 nitrogen and oxygen atoms in total. The summed E-state index contributed by atoms with van der Waals surface area (Å²) in [5, 5.41) is 18.3. The van der Waals surface area contributed by atoms with Crippen LogP contribution < -0.4 is 0 Å². The molecule has 0 fully saturated rings. The summed E-state index contributed by atoms with van der Waals surface area (Å²) in [4.78, 5) is 10.9. The van der Waals surface area contributed by atoms with E-state index in [0.29, 0.717) is 0 Å². The highest BCUT2D eigenvalue weighted by Crippen LogP contribution is 2.28. The van der Waals surface area contributed by atoms with Crippen molar-refractivity contribution in [3.63, 3.8) is 0 Å². The van der Waals surface area contributed by atoms with E-state index in [1.165, 1.54) is 6.07 Å². The van der Waals surface area contributed by atoms with Gasteiger partial charge in [0.2, 0.25) is 0 Å². The summed E-state index contributed by atoms with van der Waals surface area (Å²) in [5.74, 6) is -0.887. The second kappa shape index (κ2) is 3.33. The summed E-state index contributed by atoms with van der Waals surface area (Å²) in [5.41, 5.74) is 2.16. The summed E-state index contributed by atoms with van der Waals surface area (Å²) >= 11 is 0. The monoisotopic (exact) mass is 192 g/mol. The molecule has 14 heavy (non-hydrogen) atoms. The standard InChI is InChI=1S/C11H12O3/c12-8-5-7-3-1-2-4-9(7)10(6-8)11(13)14/h5-6,12H,1-4H2,(H,13,14). The number of hydrogen-bond donors (Lipinski definition) is 2. The van der Waals surface area contributed by atoms with E-state index in [-0.39, 0.29) is 11.3 Å². The van der Waals surface area contributed by atoms with Crippen LogP contribution >= 0.6 is 0 Å². The van der Waals surface area contributed by atoms with Gasteiger partial charge >= 0.3 is 5.97 Å². The van der Waals surface area contributed by atoms with Gasteiger partial charge < -0.3 is 10.2 Å². The highest BCUT2D eigenvalue weighted by molar-refractivity contribution is 5.90. The number of carboxylic acids is 1. The molecule has 74 valence electrons. The molecule has 0 saturated heterocycles. The van der Waals surface area contributed by atoms with Crippen LogP contribution in [0.15, 0.2) is 12.1 Å². The zero-order valence-electron chi connectivity index (χ0n) is 7.79. The second-order valence-electron chi connectivity index (χ2n) is 3.64. The molecule has 3 heteroatoms. The Morgan fingerprint density at radius 3 is 2.64 bits per heavy atom. The molecule has 0 atom stereocenters. The van der Waals surface area contributed by atoms with E-state index in [0.717, 1.165) is 36.8 Å². The fourth-order valence-electron chi connectivity index (χ4n) is 2.04. The first-order valence-corrected chi connectivity index (χ1v) is 4.76. The predicted octanol–water partition coefficient (Wildman–Crippen LogP) is 1.97. The van der Waals surface area contributed by atoms with Crippen molar-refractivity contribution in [1.82, 2.24) is 0 Å². The van der Waals surface area contributed by atoms with Crippen LogP contribution in [0.4, 0.5) is 0 Å². The Labute approximate surface area is 82.0 Å². The van der Waals surface area contributed by atoms with Gasteiger partial charge in [0.05, 0.1) is 5.56 Å². The Balaban J connectivity index is 2.58. The van der Waals surface area contributed by atoms with E-state index < -0.39 is 5.97 Å². The molecular weight excluding hydrogens is 180 g/mol. The molecule has 1 aliphatic carbocycles. The minimum absolute atomic E-state index is 0.0584. The number of carboxylic acid groups (broad SMARTS) is 1. The Bertz CT molecular complexity index is 382. The highest BCUT2D eigenvalue weighted by Gasteiger charge is 2.18. The van der Waals surface area contributed by atoms with Gasteiger partial charge in [0.15, 0.2) is 0 Å². The van der Waals surface area contributed by atoms with Gasteiger partial charge in [0.1, 0.15) is 5.75 Å². The molecule has 1 aliphatic rings. The van der Waals surface area contributed by atoms with Gasteiger partial charge in [-0.1, -0.05) is 0 Å². The fourth-order valence-corrected chi connectivity index (χ4v) is 2.04. The van der Waals surface area contributed by atoms with Crippen LogP contribution in [-0.4, -0.2) is 16.2 Å². The quantitative estimate of drug-likeness (QED) is 0.715. The van der Waals surface area contributed by atoms with E-state index in [1.807, 2.05) is 0 Å². The molecule has 0 aromatic heterocycles. The van der Waals surface area contributed by atoms with Crippen molar-refractivity contribution in [2.75, 3.05) is 0 Å². The number of hydrogen-bond acceptors (Lipinski definition) is 2. The molecule has 1 aromatic carbocycles. The van der Waals surface area contributed by atoms with Crippen molar-refractivity contribution in [1.29, 1.82) is 0 Å². The maximum atomic E-state index is 10.9. The van der Waals surface area contributed by atoms with Crippen molar-refractivity contribution in [3.05, 3.63) is 28.8 Å². The van der Waals surface area contributed by atoms with Gasteiger partial charge in [-0.15, -0.1) is 0 Å². The largest absolute Gasteiger partial charge is 0.508 e. The van der Waals surface area contributed by atoms with Gasteiger partial charge in [-0.25, -0.2) is 4.79 Å². The molecule has 0 heterocycles. The number of rotatable bonds is 1. The van der Waals surface area contributed by atoms with Crippen LogP contribution in [0, 0.1) is 0 Å². The lowest BCUT2D eigenvalue weighted by atomic mass is 9.88. The Kier molecular flexibility index (Phi) is 2.15. The lowest BCUT2D eigenvalue weighted by Crippen LogP contribution is -2.10. The molecule has 0 radical (unpaired) electrons. The Morgan fingerprint density at radius 1 is 1.21 bits per heavy atom. The highest BCUT2D eigenvalue weighted by atomic mass is 16.4. The topological polar surface area (TPSA) is 57.5 Å². The molecule has 0 aliphatic heterocycles. The minimum atomic E-state index is -0.945. The van der Waals surface area contributed by atoms with Crippen molar-refractivity contribution in [2.45, 2.75) is 25.7 Å². The number of aryl methyl sites for hydroxylation is 1. The molecule has 0 spiro atoms. The maximum absolute atomic E-state index is 10.9. The van der Waals surface area contributed by atoms with Gasteiger partial charge in [-0.2, -0.15) is 0 Å². The summed E-state index contributed by atoms with van der Waals surface area (Å²) in [6, 6.07) is 3.02. The molecule has 2 rings (SSSR count). The summed E-state index contributed by atoms with van der Waals surface area (Å²) in [6.45, 7) is 0. The molecule has 2 N–H and O–H groups in total. The van der Waals surface area contributed by atoms with Crippen molar-refractivity contribution < 1.29 is 15.0 Å². The summed E-state index contributed by atoms with van der Waals surface area (Å²) in [7, 11) is 0. The van der Waals surface area contributed by atoms with Crippen LogP contribution in [0.25, 0.3) is 0 Å². The minimum Gasteiger partial charge on any atom is -0.508 e. The lowest BCUT2D eigenvalue weighted by molar-refractivity contribution is 0.0695. The smallest absolute Gasteiger partial charge is 0.336 e. The van der Waals surface area contributed by atoms with Crippen molar-refractivity contribution in [3.8, 4) is 5.75 Å². The summed E-state index contributed by atoms with van der Waals surface area (Å²) < 4.78 is 0. The van der Waals surface area contributed by atoms with Crippen LogP contribution in [0.5, 0.6) is 5.75 Å². The normalized spacial score (nSPS) is 14.9. The van der Waals surface area contributed by atoms with Crippen LogP contribution in [0.2, 0.25) is 0 Å². The van der Waals surface area contributed by atoms with Crippen molar-refractivity contribution >= 4 is 5.97 Å². The predicted molar refractivity (Wildman–Crippen MR) is 51.7 cm³/mol. The number of phenolic OH excluding ortho intramolecular Hbond substituents is 1. The van der Waals surface area contributed by atoms with Gasteiger partial charge in [-0.3, -0.25) is 0 Å². The SMILES string of the molecule is O=C(O)c1cc(O)cc2c1CCCC2. The van der Waals surface area contributed by atoms with Crippen molar-refractivity contribution in [2.24, 2.45) is 0 Å². The van der Waals surface area contributed by atoms with E-state index >= 15 is 0 Å². The molecule has 0 unspecified atom stereocenters. The Morgan fingerprint density at radius 2 is 1.93 bits per heavy atom. The zero-order chi connectivity index (χ0) is 10.1. The van der Waals surface area contributed by atoms with E-state index in [1.54, 1.807) is 6.07 Å². The molecule has 1 aromatic rings. The van der Waals surface area contributed by atoms with Crippen LogP contribution in [0.3, 0.4) is 0 Å². The molecule has 0 amide bonds. The third-order valence-electron chi connectivity index (χ3n) is 2.68. The number of benzene rings is 1. The number of carbonyl (C=O) groups is 1. The third-order valence-corrected chi connectivity index (χ3v) is 2.68. The number of phenols is 1. The van der Waals surface area contributed by atoms with Crippen LogP contribution in [0.1, 0.15) is 34.3 Å². The van der Waals surface area contributed by atoms with E-state index in [4.69, 9.17) is 5.11 Å². The van der Waals surface area contributed by atoms with E-state index in [9.17, 15) is 9.90 Å². The second-order valence-corrected chi connectivity index (χ2v) is 3.64. The number of aromatic carboxylic acids is 1. The average Bonchev–Trinajstić information content (AvgIpc) is 2.16. The van der Waals surface area contributed by atoms with Gasteiger partial charge in [0, 0.05) is 0 Å². The van der Waals surface area contributed by atoms with Gasteiger partial charge in [-0.05, 0) is 48.9 Å². The third kappa shape index (κ3) is 1.45. The first-order chi connectivity index (χ1) is 6.68. The van der Waals surface area contributed by atoms with E-state index in [2.05, 4.69) is 0 Å². The molecular formula is C11H12O3. The molecule has 0 bridgehead atoms. The average molecular weight is 192 g/mol. The summed E-state index contributed by atoms with van der Waals surface area (Å²) in [6.07, 6.45) is 3.81. The zero-order valence-corrected chi connectivity index (χ0v) is 7.79. The fraction of sp³-hybridized carbons (Fsp3) is 0.364. The van der Waals surface area contributed by atoms with Crippen LogP contribution in [-0.2, 0) is 12.8 Å². The first-order valence-electron chi connectivity index (χ1n) is 4.76. The molecule has 0 saturated carbocycles.